The van der Waals surface area contributed by atoms with Crippen molar-refractivity contribution in [1.82, 2.24) is 4.98 Å². The molecule has 1 heterocycles. The molecule has 1 aromatic heterocycles. The Hall–Kier alpha value is -1.74. The first-order valence-corrected chi connectivity index (χ1v) is 5.54. The molecule has 0 amide bonds. The number of carbonyl (C=O) groups is 1. The van der Waals surface area contributed by atoms with Gasteiger partial charge in [0.2, 0.25) is 0 Å². The molecule has 0 aliphatic rings. The van der Waals surface area contributed by atoms with Crippen LogP contribution in [0.1, 0.15) is 16.1 Å². The van der Waals surface area contributed by atoms with E-state index in [9.17, 15) is 4.79 Å². The van der Waals surface area contributed by atoms with Crippen LogP contribution in [-0.4, -0.2) is 18.1 Å². The highest BCUT2D eigenvalue weighted by Crippen LogP contribution is 2.32. The number of aromatic nitrogens is 1. The first kappa shape index (κ1) is 11.7. The largest absolute Gasteiger partial charge is 0.465 e. The number of hydrogen-bond acceptors (Lipinski definition) is 2. The summed E-state index contributed by atoms with van der Waals surface area (Å²) in [6.45, 7) is 1.80. The molecule has 17 heavy (non-hydrogen) atoms. The van der Waals surface area contributed by atoms with Gasteiger partial charge < -0.3 is 9.72 Å². The molecule has 2 aromatic rings. The van der Waals surface area contributed by atoms with Gasteiger partial charge in [0.05, 0.1) is 23.4 Å². The average Bonchev–Trinajstić information content (AvgIpc) is 2.65. The second kappa shape index (κ2) is 4.63. The molecule has 0 unspecified atom stereocenters. The standard InChI is InChI=1S/C13H12ClNO2/c1-8-10(13(16)17-2)11(14)12(15-8)9-6-4-3-5-7-9/h3-7,15H,1-2H3. The summed E-state index contributed by atoms with van der Waals surface area (Å²) in [7, 11) is 1.34. The van der Waals surface area contributed by atoms with Crippen LogP contribution in [0.2, 0.25) is 5.02 Å². The van der Waals surface area contributed by atoms with Crippen molar-refractivity contribution in [2.75, 3.05) is 7.11 Å². The minimum atomic E-state index is -0.425. The van der Waals surface area contributed by atoms with Gasteiger partial charge in [-0.1, -0.05) is 41.9 Å². The van der Waals surface area contributed by atoms with Gasteiger partial charge in [-0.3, -0.25) is 0 Å². The number of carbonyl (C=O) groups excluding carboxylic acids is 1. The SMILES string of the molecule is COC(=O)c1c(C)[nH]c(-c2ccccc2)c1Cl. The highest BCUT2D eigenvalue weighted by Gasteiger charge is 2.20. The van der Waals surface area contributed by atoms with Crippen LogP contribution >= 0.6 is 11.6 Å². The molecule has 88 valence electrons. The average molecular weight is 250 g/mol. The van der Waals surface area contributed by atoms with Crippen LogP contribution in [0.3, 0.4) is 0 Å². The summed E-state index contributed by atoms with van der Waals surface area (Å²) in [5.41, 5.74) is 2.79. The van der Waals surface area contributed by atoms with E-state index in [0.717, 1.165) is 11.3 Å². The lowest BCUT2D eigenvalue weighted by molar-refractivity contribution is 0.0600. The van der Waals surface area contributed by atoms with E-state index in [-0.39, 0.29) is 0 Å². The highest BCUT2D eigenvalue weighted by molar-refractivity contribution is 6.36. The van der Waals surface area contributed by atoms with Crippen molar-refractivity contribution in [1.29, 1.82) is 0 Å². The first-order chi connectivity index (χ1) is 8.15. The Morgan fingerprint density at radius 2 is 1.94 bits per heavy atom. The van der Waals surface area contributed by atoms with Crippen molar-refractivity contribution in [2.24, 2.45) is 0 Å². The number of methoxy groups -OCH3 is 1. The lowest BCUT2D eigenvalue weighted by Gasteiger charge is -1.99. The molecular weight excluding hydrogens is 238 g/mol. The summed E-state index contributed by atoms with van der Waals surface area (Å²) >= 11 is 6.21. The molecule has 3 nitrogen and oxygen atoms in total. The Morgan fingerprint density at radius 1 is 1.29 bits per heavy atom. The van der Waals surface area contributed by atoms with Crippen LogP contribution in [0.25, 0.3) is 11.3 Å². The minimum Gasteiger partial charge on any atom is -0.465 e. The van der Waals surface area contributed by atoms with Crippen molar-refractivity contribution in [3.05, 3.63) is 46.6 Å². The number of rotatable bonds is 2. The third-order valence-electron chi connectivity index (χ3n) is 2.58. The second-order valence-corrected chi connectivity index (χ2v) is 4.05. The van der Waals surface area contributed by atoms with Crippen molar-refractivity contribution in [3.8, 4) is 11.3 Å². The van der Waals surface area contributed by atoms with Crippen LogP contribution in [0.4, 0.5) is 0 Å². The number of hydrogen-bond donors (Lipinski definition) is 1. The third-order valence-corrected chi connectivity index (χ3v) is 2.96. The number of benzene rings is 1. The Kier molecular flexibility index (Phi) is 3.20. The molecule has 0 aliphatic heterocycles. The van der Waals surface area contributed by atoms with Crippen LogP contribution in [0.5, 0.6) is 0 Å². The maximum atomic E-state index is 11.6. The molecule has 4 heteroatoms. The summed E-state index contributed by atoms with van der Waals surface area (Å²) in [6.07, 6.45) is 0. The fraction of sp³-hybridized carbons (Fsp3) is 0.154. The van der Waals surface area contributed by atoms with Crippen LogP contribution in [0, 0.1) is 6.92 Å². The molecule has 0 saturated carbocycles. The molecular formula is C13H12ClNO2. The third kappa shape index (κ3) is 2.06. The number of ether oxygens (including phenoxy) is 1. The van der Waals surface area contributed by atoms with Gasteiger partial charge >= 0.3 is 5.97 Å². The maximum Gasteiger partial charge on any atom is 0.341 e. The summed E-state index contributed by atoms with van der Waals surface area (Å²) in [6, 6.07) is 9.62. The van der Waals surface area contributed by atoms with Gasteiger partial charge in [-0.2, -0.15) is 0 Å². The van der Waals surface area contributed by atoms with Crippen molar-refractivity contribution in [2.45, 2.75) is 6.92 Å². The summed E-state index contributed by atoms with van der Waals surface area (Å²) in [5.74, 6) is -0.425. The zero-order valence-electron chi connectivity index (χ0n) is 9.58. The minimum absolute atomic E-state index is 0.396. The molecule has 2 rings (SSSR count). The van der Waals surface area contributed by atoms with E-state index in [1.165, 1.54) is 7.11 Å². The van der Waals surface area contributed by atoms with E-state index < -0.39 is 5.97 Å². The Morgan fingerprint density at radius 3 is 2.53 bits per heavy atom. The number of aromatic amines is 1. The summed E-state index contributed by atoms with van der Waals surface area (Å²) in [4.78, 5) is 14.7. The van der Waals surface area contributed by atoms with Crippen molar-refractivity contribution in [3.63, 3.8) is 0 Å². The Bertz CT molecular complexity index is 546. The van der Waals surface area contributed by atoms with Gasteiger partial charge in [0, 0.05) is 5.69 Å². The molecule has 0 saturated heterocycles. The highest BCUT2D eigenvalue weighted by atomic mass is 35.5. The maximum absolute atomic E-state index is 11.6. The molecule has 0 atom stereocenters. The van der Waals surface area contributed by atoms with Gasteiger partial charge in [-0.05, 0) is 12.5 Å². The number of nitrogens with one attached hydrogen (secondary N) is 1. The van der Waals surface area contributed by atoms with Gasteiger partial charge in [0.25, 0.3) is 0 Å². The number of H-pyrrole nitrogens is 1. The summed E-state index contributed by atoms with van der Waals surface area (Å²) < 4.78 is 4.70. The number of esters is 1. The monoisotopic (exact) mass is 249 g/mol. The normalized spacial score (nSPS) is 10.3. The molecule has 0 radical (unpaired) electrons. The molecule has 1 N–H and O–H groups in total. The van der Waals surface area contributed by atoms with Gasteiger partial charge in [0.15, 0.2) is 0 Å². The van der Waals surface area contributed by atoms with Gasteiger partial charge in [-0.25, -0.2) is 4.79 Å². The lowest BCUT2D eigenvalue weighted by Crippen LogP contribution is -2.02. The van der Waals surface area contributed by atoms with E-state index >= 15 is 0 Å². The predicted octanol–water partition coefficient (Wildman–Crippen LogP) is 3.43. The van der Waals surface area contributed by atoms with Gasteiger partial charge in [0.1, 0.15) is 0 Å². The second-order valence-electron chi connectivity index (χ2n) is 3.67. The topological polar surface area (TPSA) is 42.1 Å². The quantitative estimate of drug-likeness (QED) is 0.829. The Balaban J connectivity index is 2.56. The fourth-order valence-corrected chi connectivity index (χ4v) is 2.12. The number of halogens is 1. The van der Waals surface area contributed by atoms with E-state index in [2.05, 4.69) is 4.98 Å². The van der Waals surface area contributed by atoms with E-state index in [0.29, 0.717) is 16.3 Å². The molecule has 0 fully saturated rings. The molecule has 0 spiro atoms. The predicted molar refractivity (Wildman–Crippen MR) is 67.3 cm³/mol. The van der Waals surface area contributed by atoms with Crippen LogP contribution in [0.15, 0.2) is 30.3 Å². The lowest BCUT2D eigenvalue weighted by atomic mass is 10.1. The van der Waals surface area contributed by atoms with Crippen molar-refractivity contribution < 1.29 is 9.53 Å². The zero-order valence-corrected chi connectivity index (χ0v) is 10.3. The van der Waals surface area contributed by atoms with E-state index in [1.807, 2.05) is 30.3 Å². The molecule has 0 bridgehead atoms. The van der Waals surface area contributed by atoms with Gasteiger partial charge in [-0.15, -0.1) is 0 Å². The zero-order chi connectivity index (χ0) is 12.4. The molecule has 1 aromatic carbocycles. The fourth-order valence-electron chi connectivity index (χ4n) is 1.74. The van der Waals surface area contributed by atoms with Crippen LogP contribution < -0.4 is 0 Å². The van der Waals surface area contributed by atoms with Crippen molar-refractivity contribution >= 4 is 17.6 Å². The van der Waals surface area contributed by atoms with E-state index in [1.54, 1.807) is 6.92 Å². The van der Waals surface area contributed by atoms with E-state index in [4.69, 9.17) is 16.3 Å². The Labute approximate surface area is 104 Å². The first-order valence-electron chi connectivity index (χ1n) is 5.17. The summed E-state index contributed by atoms with van der Waals surface area (Å²) in [5, 5.41) is 0.403. The molecule has 0 aliphatic carbocycles. The van der Waals surface area contributed by atoms with Crippen LogP contribution in [-0.2, 0) is 4.74 Å². The smallest absolute Gasteiger partial charge is 0.341 e. The number of aryl methyl sites for hydroxylation is 1.